The summed E-state index contributed by atoms with van der Waals surface area (Å²) in [4.78, 5) is 11.5. The molecule has 2 N–H and O–H groups in total. The van der Waals surface area contributed by atoms with Crippen LogP contribution in [-0.2, 0) is 4.79 Å². The minimum absolute atomic E-state index is 0.00127. The summed E-state index contributed by atoms with van der Waals surface area (Å²) < 4.78 is 5.29. The van der Waals surface area contributed by atoms with Gasteiger partial charge in [-0.3, -0.25) is 4.79 Å². The van der Waals surface area contributed by atoms with Gasteiger partial charge in [-0.05, 0) is 37.1 Å². The highest BCUT2D eigenvalue weighted by atomic mass is 16.5. The number of rotatable bonds is 6. The topological polar surface area (TPSA) is 58.6 Å². The molecular weight excluding hydrogens is 218 g/mol. The van der Waals surface area contributed by atoms with Gasteiger partial charge in [0, 0.05) is 6.04 Å². The van der Waals surface area contributed by atoms with Crippen molar-refractivity contribution in [2.24, 2.45) is 0 Å². The molecule has 1 aromatic rings. The van der Waals surface area contributed by atoms with E-state index in [1.54, 1.807) is 12.1 Å². The molecule has 0 radical (unpaired) electrons. The Morgan fingerprint density at radius 1 is 1.29 bits per heavy atom. The van der Waals surface area contributed by atoms with Crippen LogP contribution in [0.5, 0.6) is 11.5 Å². The second-order valence-corrected chi connectivity index (χ2v) is 3.86. The van der Waals surface area contributed by atoms with E-state index in [0.717, 1.165) is 12.8 Å². The smallest absolute Gasteiger partial charge is 0.258 e. The fourth-order valence-electron chi connectivity index (χ4n) is 1.45. The Morgan fingerprint density at radius 2 is 1.88 bits per heavy atom. The fourth-order valence-corrected chi connectivity index (χ4v) is 1.45. The van der Waals surface area contributed by atoms with E-state index < -0.39 is 0 Å². The molecular formula is C13H19NO3. The Kier molecular flexibility index (Phi) is 5.33. The Morgan fingerprint density at radius 3 is 2.41 bits per heavy atom. The van der Waals surface area contributed by atoms with Crippen LogP contribution in [0, 0.1) is 0 Å². The van der Waals surface area contributed by atoms with E-state index in [1.807, 2.05) is 13.8 Å². The minimum Gasteiger partial charge on any atom is -0.508 e. The second-order valence-electron chi connectivity index (χ2n) is 3.86. The Balaban J connectivity index is 2.35. The molecule has 0 aliphatic carbocycles. The van der Waals surface area contributed by atoms with Crippen molar-refractivity contribution in [1.29, 1.82) is 0 Å². The summed E-state index contributed by atoms with van der Waals surface area (Å²) in [5.41, 5.74) is 0. The number of aromatic hydroxyl groups is 1. The van der Waals surface area contributed by atoms with Crippen LogP contribution in [0.1, 0.15) is 26.7 Å². The Hall–Kier alpha value is -1.71. The first-order valence-corrected chi connectivity index (χ1v) is 5.86. The van der Waals surface area contributed by atoms with E-state index in [1.165, 1.54) is 12.1 Å². The third-order valence-electron chi connectivity index (χ3n) is 2.56. The molecule has 1 aromatic carbocycles. The maximum atomic E-state index is 11.5. The number of nitrogens with one attached hydrogen (secondary N) is 1. The van der Waals surface area contributed by atoms with Gasteiger partial charge >= 0.3 is 0 Å². The van der Waals surface area contributed by atoms with Crippen molar-refractivity contribution in [3.8, 4) is 11.5 Å². The van der Waals surface area contributed by atoms with Gasteiger partial charge in [-0.15, -0.1) is 0 Å². The van der Waals surface area contributed by atoms with Crippen LogP contribution in [-0.4, -0.2) is 23.7 Å². The van der Waals surface area contributed by atoms with Crippen molar-refractivity contribution in [1.82, 2.24) is 5.32 Å². The number of ether oxygens (including phenoxy) is 1. The SMILES string of the molecule is CCC(CC)NC(=O)COc1ccc(O)cc1. The highest BCUT2D eigenvalue weighted by Crippen LogP contribution is 2.15. The molecule has 0 spiro atoms. The molecule has 0 bridgehead atoms. The van der Waals surface area contributed by atoms with E-state index in [0.29, 0.717) is 5.75 Å². The van der Waals surface area contributed by atoms with Gasteiger partial charge in [0.25, 0.3) is 5.91 Å². The largest absolute Gasteiger partial charge is 0.508 e. The van der Waals surface area contributed by atoms with Gasteiger partial charge in [-0.25, -0.2) is 0 Å². The number of phenols is 1. The summed E-state index contributed by atoms with van der Waals surface area (Å²) >= 11 is 0. The molecule has 0 saturated carbocycles. The summed E-state index contributed by atoms with van der Waals surface area (Å²) in [5, 5.41) is 12.0. The number of phenolic OH excluding ortho intramolecular Hbond substituents is 1. The lowest BCUT2D eigenvalue weighted by Gasteiger charge is -2.14. The Labute approximate surface area is 102 Å². The van der Waals surface area contributed by atoms with Crippen molar-refractivity contribution in [3.05, 3.63) is 24.3 Å². The highest BCUT2D eigenvalue weighted by Gasteiger charge is 2.08. The molecule has 17 heavy (non-hydrogen) atoms. The number of hydrogen-bond donors (Lipinski definition) is 2. The van der Waals surface area contributed by atoms with Crippen molar-refractivity contribution < 1.29 is 14.6 Å². The third-order valence-corrected chi connectivity index (χ3v) is 2.56. The zero-order valence-electron chi connectivity index (χ0n) is 10.3. The molecule has 4 heteroatoms. The maximum Gasteiger partial charge on any atom is 0.258 e. The van der Waals surface area contributed by atoms with Gasteiger partial charge in [-0.2, -0.15) is 0 Å². The van der Waals surface area contributed by atoms with Crippen molar-refractivity contribution in [2.75, 3.05) is 6.61 Å². The van der Waals surface area contributed by atoms with Crippen molar-refractivity contribution in [3.63, 3.8) is 0 Å². The highest BCUT2D eigenvalue weighted by molar-refractivity contribution is 5.77. The Bertz CT molecular complexity index is 344. The van der Waals surface area contributed by atoms with Gasteiger partial charge in [0.05, 0.1) is 0 Å². The van der Waals surface area contributed by atoms with Gasteiger partial charge in [0.15, 0.2) is 6.61 Å². The molecule has 0 aromatic heterocycles. The van der Waals surface area contributed by atoms with E-state index >= 15 is 0 Å². The normalized spacial score (nSPS) is 10.3. The van der Waals surface area contributed by atoms with Crippen LogP contribution < -0.4 is 10.1 Å². The molecule has 1 rings (SSSR count). The van der Waals surface area contributed by atoms with E-state index in [2.05, 4.69) is 5.32 Å². The van der Waals surface area contributed by atoms with Gasteiger partial charge in [0.2, 0.25) is 0 Å². The molecule has 0 aliphatic rings. The first-order chi connectivity index (χ1) is 8.15. The third kappa shape index (κ3) is 4.76. The summed E-state index contributed by atoms with van der Waals surface area (Å²) in [5.74, 6) is 0.633. The molecule has 94 valence electrons. The number of carbonyl (C=O) groups excluding carboxylic acids is 1. The zero-order chi connectivity index (χ0) is 12.7. The van der Waals surface area contributed by atoms with Crippen LogP contribution in [0.3, 0.4) is 0 Å². The standard InChI is InChI=1S/C13H19NO3/c1-3-10(4-2)14-13(16)9-17-12-7-5-11(15)6-8-12/h5-8,10,15H,3-4,9H2,1-2H3,(H,14,16). The van der Waals surface area contributed by atoms with E-state index in [4.69, 9.17) is 9.84 Å². The number of carbonyl (C=O) groups is 1. The summed E-state index contributed by atoms with van der Waals surface area (Å²) in [6.45, 7) is 4.08. The van der Waals surface area contributed by atoms with Gasteiger partial charge < -0.3 is 15.2 Å². The van der Waals surface area contributed by atoms with Crippen LogP contribution in [0.2, 0.25) is 0 Å². The molecule has 0 unspecified atom stereocenters. The molecule has 0 atom stereocenters. The lowest BCUT2D eigenvalue weighted by Crippen LogP contribution is -2.37. The van der Waals surface area contributed by atoms with E-state index in [9.17, 15) is 4.79 Å². The zero-order valence-corrected chi connectivity index (χ0v) is 10.3. The second kappa shape index (κ2) is 6.78. The predicted molar refractivity (Wildman–Crippen MR) is 66.1 cm³/mol. The summed E-state index contributed by atoms with van der Waals surface area (Å²) in [7, 11) is 0. The van der Waals surface area contributed by atoms with Crippen LogP contribution in [0.4, 0.5) is 0 Å². The molecule has 0 aliphatic heterocycles. The monoisotopic (exact) mass is 237 g/mol. The van der Waals surface area contributed by atoms with E-state index in [-0.39, 0.29) is 24.3 Å². The van der Waals surface area contributed by atoms with Crippen LogP contribution in [0.15, 0.2) is 24.3 Å². The minimum atomic E-state index is -0.119. The number of benzene rings is 1. The van der Waals surface area contributed by atoms with Crippen LogP contribution >= 0.6 is 0 Å². The number of amides is 1. The molecule has 0 saturated heterocycles. The first kappa shape index (κ1) is 13.4. The first-order valence-electron chi connectivity index (χ1n) is 5.86. The average molecular weight is 237 g/mol. The average Bonchev–Trinajstić information content (AvgIpc) is 2.35. The van der Waals surface area contributed by atoms with Gasteiger partial charge in [0.1, 0.15) is 11.5 Å². The van der Waals surface area contributed by atoms with Crippen LogP contribution in [0.25, 0.3) is 0 Å². The molecule has 4 nitrogen and oxygen atoms in total. The van der Waals surface area contributed by atoms with Crippen molar-refractivity contribution in [2.45, 2.75) is 32.7 Å². The van der Waals surface area contributed by atoms with Gasteiger partial charge in [-0.1, -0.05) is 13.8 Å². The van der Waals surface area contributed by atoms with Crippen molar-refractivity contribution >= 4 is 5.91 Å². The maximum absolute atomic E-state index is 11.5. The summed E-state index contributed by atoms with van der Waals surface area (Å²) in [6.07, 6.45) is 1.84. The predicted octanol–water partition coefficient (Wildman–Crippen LogP) is 2.08. The fraction of sp³-hybridized carbons (Fsp3) is 0.462. The molecule has 0 heterocycles. The molecule has 0 fully saturated rings. The number of hydrogen-bond acceptors (Lipinski definition) is 3. The quantitative estimate of drug-likeness (QED) is 0.796. The lowest BCUT2D eigenvalue weighted by atomic mass is 10.2. The molecule has 1 amide bonds. The lowest BCUT2D eigenvalue weighted by molar-refractivity contribution is -0.123. The summed E-state index contributed by atoms with van der Waals surface area (Å²) in [6, 6.07) is 6.51.